The van der Waals surface area contributed by atoms with Crippen LogP contribution in [0.1, 0.15) is 23.7 Å². The molecule has 0 radical (unpaired) electrons. The van der Waals surface area contributed by atoms with E-state index in [9.17, 15) is 36.2 Å². The van der Waals surface area contributed by atoms with E-state index in [1.54, 1.807) is 0 Å². The summed E-state index contributed by atoms with van der Waals surface area (Å²) >= 11 is 11.8. The number of urea groups is 1. The summed E-state index contributed by atoms with van der Waals surface area (Å²) in [6.07, 6.45) is -8.94. The van der Waals surface area contributed by atoms with E-state index in [-0.39, 0.29) is 28.0 Å². The van der Waals surface area contributed by atoms with Crippen LogP contribution >= 0.6 is 23.2 Å². The molecule has 1 aromatic heterocycles. The molecular formula is C17H13Cl2F6N3O2. The summed E-state index contributed by atoms with van der Waals surface area (Å²) in [5.74, 6) is 0. The topological polar surface area (TPSA) is 74.2 Å². The Labute approximate surface area is 176 Å². The highest BCUT2D eigenvalue weighted by Gasteiger charge is 2.51. The van der Waals surface area contributed by atoms with Crippen molar-refractivity contribution in [2.75, 3.05) is 5.32 Å². The van der Waals surface area contributed by atoms with Crippen LogP contribution in [0.4, 0.5) is 36.8 Å². The highest BCUT2D eigenvalue weighted by Crippen LogP contribution is 2.42. The number of aliphatic hydroxyl groups is 1. The zero-order chi connectivity index (χ0) is 22.9. The molecule has 3 N–H and O–H groups in total. The predicted molar refractivity (Wildman–Crippen MR) is 97.2 cm³/mol. The van der Waals surface area contributed by atoms with E-state index in [2.05, 4.69) is 15.6 Å². The Balaban J connectivity index is 2.08. The van der Waals surface area contributed by atoms with Crippen molar-refractivity contribution < 1.29 is 36.2 Å². The zero-order valence-corrected chi connectivity index (χ0v) is 16.4. The van der Waals surface area contributed by atoms with Gasteiger partial charge >= 0.3 is 18.4 Å². The van der Waals surface area contributed by atoms with Crippen LogP contribution in [0.3, 0.4) is 0 Å². The Morgan fingerprint density at radius 2 is 1.63 bits per heavy atom. The van der Waals surface area contributed by atoms with Crippen molar-refractivity contribution in [3.8, 4) is 0 Å². The van der Waals surface area contributed by atoms with Gasteiger partial charge in [-0.3, -0.25) is 4.98 Å². The molecule has 0 unspecified atom stereocenters. The Bertz CT molecular complexity index is 908. The van der Waals surface area contributed by atoms with Crippen molar-refractivity contribution in [1.29, 1.82) is 0 Å². The average molecular weight is 476 g/mol. The van der Waals surface area contributed by atoms with Gasteiger partial charge in [-0.05, 0) is 36.8 Å². The quantitative estimate of drug-likeness (QED) is 0.511. The minimum absolute atomic E-state index is 0.118. The number of halogens is 8. The van der Waals surface area contributed by atoms with Crippen LogP contribution in [0, 0.1) is 0 Å². The molecule has 1 aromatic carbocycles. The molecular weight excluding hydrogens is 463 g/mol. The van der Waals surface area contributed by atoms with Gasteiger partial charge in [0.25, 0.3) is 0 Å². The molecule has 1 atom stereocenters. The monoisotopic (exact) mass is 475 g/mol. The SMILES string of the molecule is C[C@](O)(c1cc(Cl)c(NC(=O)NCc2ccc(C(F)(F)F)cn2)c(Cl)c1)C(F)(F)F. The Morgan fingerprint density at radius 1 is 1.07 bits per heavy atom. The number of amides is 2. The van der Waals surface area contributed by atoms with Crippen molar-refractivity contribution in [3.63, 3.8) is 0 Å². The van der Waals surface area contributed by atoms with E-state index < -0.39 is 35.1 Å². The lowest BCUT2D eigenvalue weighted by Gasteiger charge is -2.27. The Kier molecular flexibility index (Phi) is 6.79. The Morgan fingerprint density at radius 3 is 2.07 bits per heavy atom. The molecule has 0 saturated carbocycles. The molecule has 5 nitrogen and oxygen atoms in total. The number of carbonyl (C=O) groups excluding carboxylic acids is 1. The second kappa shape index (κ2) is 8.48. The summed E-state index contributed by atoms with van der Waals surface area (Å²) in [5, 5.41) is 13.5. The largest absolute Gasteiger partial charge is 0.421 e. The van der Waals surface area contributed by atoms with Gasteiger partial charge in [0.2, 0.25) is 0 Å². The van der Waals surface area contributed by atoms with Crippen molar-refractivity contribution >= 4 is 34.9 Å². The second-order valence-corrected chi connectivity index (χ2v) is 7.04. The molecule has 0 bridgehead atoms. The standard InChI is InChI=1S/C17H13Cl2F6N3O2/c1-15(30,17(23,24)25)9-4-11(18)13(12(19)5-9)28-14(29)27-7-10-3-2-8(6-26-10)16(20,21)22/h2-6,30H,7H2,1H3,(H2,27,28,29)/t15-/m0/s1. The van der Waals surface area contributed by atoms with Gasteiger partial charge in [0, 0.05) is 6.20 Å². The van der Waals surface area contributed by atoms with E-state index in [0.717, 1.165) is 24.3 Å². The molecule has 2 rings (SSSR count). The summed E-state index contributed by atoms with van der Waals surface area (Å²) in [4.78, 5) is 15.6. The van der Waals surface area contributed by atoms with Crippen molar-refractivity contribution in [1.82, 2.24) is 10.3 Å². The summed E-state index contributed by atoms with van der Waals surface area (Å²) in [6.45, 7) is 0.270. The summed E-state index contributed by atoms with van der Waals surface area (Å²) < 4.78 is 76.4. The van der Waals surface area contributed by atoms with Gasteiger partial charge in [0.15, 0.2) is 5.60 Å². The number of benzene rings is 1. The number of carbonyl (C=O) groups is 1. The zero-order valence-electron chi connectivity index (χ0n) is 14.9. The number of aromatic nitrogens is 1. The molecule has 0 aliphatic rings. The third-order valence-corrected chi connectivity index (χ3v) is 4.57. The molecule has 0 spiro atoms. The normalized spacial score (nSPS) is 14.2. The fraction of sp³-hybridized carbons (Fsp3) is 0.294. The predicted octanol–water partition coefficient (Wildman–Crippen LogP) is 5.50. The fourth-order valence-electron chi connectivity index (χ4n) is 2.16. The highest BCUT2D eigenvalue weighted by molar-refractivity contribution is 6.39. The molecule has 2 amide bonds. The van der Waals surface area contributed by atoms with Gasteiger partial charge in [-0.1, -0.05) is 23.2 Å². The maximum atomic E-state index is 13.0. The van der Waals surface area contributed by atoms with E-state index in [0.29, 0.717) is 13.1 Å². The molecule has 30 heavy (non-hydrogen) atoms. The summed E-state index contributed by atoms with van der Waals surface area (Å²) in [5.41, 5.74) is -4.92. The lowest BCUT2D eigenvalue weighted by molar-refractivity contribution is -0.258. The molecule has 13 heteroatoms. The van der Waals surface area contributed by atoms with E-state index >= 15 is 0 Å². The number of hydrogen-bond donors (Lipinski definition) is 3. The molecule has 0 aliphatic carbocycles. The Hall–Kier alpha value is -2.24. The molecule has 164 valence electrons. The van der Waals surface area contributed by atoms with Crippen LogP contribution in [0.25, 0.3) is 0 Å². The third kappa shape index (κ3) is 5.46. The number of anilines is 1. The van der Waals surface area contributed by atoms with Gasteiger partial charge < -0.3 is 15.7 Å². The van der Waals surface area contributed by atoms with Crippen LogP contribution in [0.15, 0.2) is 30.5 Å². The van der Waals surface area contributed by atoms with Gasteiger partial charge in [-0.15, -0.1) is 0 Å². The number of nitrogens with zero attached hydrogens (tertiary/aromatic N) is 1. The number of nitrogens with one attached hydrogen (secondary N) is 2. The number of rotatable bonds is 4. The smallest absolute Gasteiger partial charge is 0.376 e. The van der Waals surface area contributed by atoms with Gasteiger partial charge in [0.05, 0.1) is 33.5 Å². The molecule has 2 aromatic rings. The number of hydrogen-bond acceptors (Lipinski definition) is 3. The molecule has 0 saturated heterocycles. The number of pyridine rings is 1. The molecule has 1 heterocycles. The molecule has 0 fully saturated rings. The summed E-state index contributed by atoms with van der Waals surface area (Å²) in [7, 11) is 0. The molecule has 0 aliphatic heterocycles. The fourth-order valence-corrected chi connectivity index (χ4v) is 2.74. The first-order valence-electron chi connectivity index (χ1n) is 7.98. The van der Waals surface area contributed by atoms with Crippen molar-refractivity contribution in [3.05, 3.63) is 57.3 Å². The highest BCUT2D eigenvalue weighted by atomic mass is 35.5. The van der Waals surface area contributed by atoms with Crippen LogP contribution in [-0.4, -0.2) is 22.3 Å². The van der Waals surface area contributed by atoms with E-state index in [1.165, 1.54) is 0 Å². The van der Waals surface area contributed by atoms with E-state index in [4.69, 9.17) is 23.2 Å². The maximum absolute atomic E-state index is 13.0. The maximum Gasteiger partial charge on any atom is 0.421 e. The van der Waals surface area contributed by atoms with Crippen molar-refractivity contribution in [2.24, 2.45) is 0 Å². The van der Waals surface area contributed by atoms with Crippen LogP contribution in [-0.2, 0) is 18.3 Å². The third-order valence-electron chi connectivity index (χ3n) is 3.98. The lowest BCUT2D eigenvalue weighted by atomic mass is 9.95. The van der Waals surface area contributed by atoms with Crippen LogP contribution in [0.5, 0.6) is 0 Å². The first-order valence-corrected chi connectivity index (χ1v) is 8.74. The van der Waals surface area contributed by atoms with Gasteiger partial charge in [-0.2, -0.15) is 26.3 Å². The minimum Gasteiger partial charge on any atom is -0.376 e. The van der Waals surface area contributed by atoms with Crippen molar-refractivity contribution in [2.45, 2.75) is 31.4 Å². The van der Waals surface area contributed by atoms with E-state index in [1.807, 2.05) is 0 Å². The van der Waals surface area contributed by atoms with Crippen LogP contribution < -0.4 is 10.6 Å². The number of alkyl halides is 6. The van der Waals surface area contributed by atoms with Gasteiger partial charge in [-0.25, -0.2) is 4.79 Å². The summed E-state index contributed by atoms with van der Waals surface area (Å²) in [6, 6.07) is 2.57. The first-order chi connectivity index (χ1) is 13.6. The van der Waals surface area contributed by atoms with Crippen LogP contribution in [0.2, 0.25) is 10.0 Å². The average Bonchev–Trinajstić information content (AvgIpc) is 2.61. The van der Waals surface area contributed by atoms with Gasteiger partial charge in [0.1, 0.15) is 0 Å². The minimum atomic E-state index is -5.00. The first kappa shape index (κ1) is 24.0. The second-order valence-electron chi connectivity index (χ2n) is 6.23. The lowest BCUT2D eigenvalue weighted by Crippen LogP contribution is -2.39.